The van der Waals surface area contributed by atoms with E-state index < -0.39 is 0 Å². The Morgan fingerprint density at radius 2 is 2.04 bits per heavy atom. The highest BCUT2D eigenvalue weighted by atomic mass is 19.1. The van der Waals surface area contributed by atoms with Crippen LogP contribution >= 0.6 is 0 Å². The van der Waals surface area contributed by atoms with Crippen LogP contribution in [-0.2, 0) is 4.74 Å². The van der Waals surface area contributed by atoms with Crippen molar-refractivity contribution in [1.82, 2.24) is 4.90 Å². The number of hydrogen-bond donors (Lipinski definition) is 1. The first kappa shape index (κ1) is 18.0. The van der Waals surface area contributed by atoms with Crippen molar-refractivity contribution in [2.45, 2.75) is 50.1 Å². The zero-order valence-electron chi connectivity index (χ0n) is 15.6. The lowest BCUT2D eigenvalue weighted by molar-refractivity contribution is -0.0227. The molecule has 1 aromatic carbocycles. The highest BCUT2D eigenvalue weighted by molar-refractivity contribution is 6.06. The largest absolute Gasteiger partial charge is 0.485 e. The molecule has 4 atom stereocenters. The fourth-order valence-corrected chi connectivity index (χ4v) is 3.97. The molecule has 3 aliphatic rings. The van der Waals surface area contributed by atoms with Crippen LogP contribution in [0.1, 0.15) is 25.7 Å². The average molecular weight is 372 g/mol. The Hall–Kier alpha value is -2.41. The molecule has 0 spiro atoms. The van der Waals surface area contributed by atoms with Crippen LogP contribution < -0.4 is 10.1 Å². The SMILES string of the molecule is CO[C@@H]1CCCC[C@H]1Oc1cc(F)ccc1NC1N=CN=C2C=CN(C)C21. The van der Waals surface area contributed by atoms with Crippen molar-refractivity contribution in [2.24, 2.45) is 9.98 Å². The van der Waals surface area contributed by atoms with E-state index in [-0.39, 0.29) is 30.2 Å². The molecule has 2 unspecified atom stereocenters. The number of halogens is 1. The first-order chi connectivity index (χ1) is 13.2. The van der Waals surface area contributed by atoms with E-state index in [2.05, 4.69) is 20.2 Å². The number of nitrogens with zero attached hydrogens (tertiary/aromatic N) is 3. The summed E-state index contributed by atoms with van der Waals surface area (Å²) in [5.74, 6) is 0.172. The number of fused-ring (bicyclic) bond motifs is 1. The van der Waals surface area contributed by atoms with Gasteiger partial charge in [-0.25, -0.2) is 14.4 Å². The summed E-state index contributed by atoms with van der Waals surface area (Å²) < 4.78 is 25.7. The maximum Gasteiger partial charge on any atom is 0.146 e. The van der Waals surface area contributed by atoms with Gasteiger partial charge in [0.2, 0.25) is 0 Å². The first-order valence-electron chi connectivity index (χ1n) is 9.41. The van der Waals surface area contributed by atoms with Gasteiger partial charge >= 0.3 is 0 Å². The highest BCUT2D eigenvalue weighted by Crippen LogP contribution is 2.33. The van der Waals surface area contributed by atoms with E-state index in [9.17, 15) is 4.39 Å². The second-order valence-corrected chi connectivity index (χ2v) is 7.19. The lowest BCUT2D eigenvalue weighted by Crippen LogP contribution is -2.45. The van der Waals surface area contributed by atoms with Crippen molar-refractivity contribution in [2.75, 3.05) is 19.5 Å². The number of benzene rings is 1. The van der Waals surface area contributed by atoms with Crippen LogP contribution in [0.3, 0.4) is 0 Å². The highest BCUT2D eigenvalue weighted by Gasteiger charge is 2.34. The molecule has 2 heterocycles. The third-order valence-corrected chi connectivity index (χ3v) is 5.43. The molecule has 27 heavy (non-hydrogen) atoms. The Labute approximate surface area is 158 Å². The number of ether oxygens (including phenoxy) is 2. The summed E-state index contributed by atoms with van der Waals surface area (Å²) in [6.45, 7) is 0. The fourth-order valence-electron chi connectivity index (χ4n) is 3.97. The molecular formula is C20H25FN4O2. The van der Waals surface area contributed by atoms with Gasteiger partial charge in [-0.15, -0.1) is 0 Å². The minimum Gasteiger partial charge on any atom is -0.485 e. The summed E-state index contributed by atoms with van der Waals surface area (Å²) in [5.41, 5.74) is 1.68. The molecule has 144 valence electrons. The predicted octanol–water partition coefficient (Wildman–Crippen LogP) is 3.21. The van der Waals surface area contributed by atoms with Crippen molar-refractivity contribution in [3.63, 3.8) is 0 Å². The van der Waals surface area contributed by atoms with Gasteiger partial charge in [0.05, 0.1) is 17.5 Å². The summed E-state index contributed by atoms with van der Waals surface area (Å²) in [6.07, 6.45) is 9.36. The zero-order valence-corrected chi connectivity index (χ0v) is 15.6. The van der Waals surface area contributed by atoms with E-state index in [0.717, 1.165) is 37.1 Å². The smallest absolute Gasteiger partial charge is 0.146 e. The van der Waals surface area contributed by atoms with Crippen LogP contribution in [0.15, 0.2) is 40.5 Å². The summed E-state index contributed by atoms with van der Waals surface area (Å²) >= 11 is 0. The maximum absolute atomic E-state index is 13.9. The zero-order chi connectivity index (χ0) is 18.8. The van der Waals surface area contributed by atoms with E-state index in [0.29, 0.717) is 5.75 Å². The molecule has 1 aromatic rings. The first-order valence-corrected chi connectivity index (χ1v) is 9.41. The molecule has 4 rings (SSSR count). The molecule has 0 saturated heterocycles. The third kappa shape index (κ3) is 3.69. The Kier molecular flexibility index (Phi) is 5.11. The molecule has 0 bridgehead atoms. The number of anilines is 1. The van der Waals surface area contributed by atoms with E-state index in [4.69, 9.17) is 9.47 Å². The monoisotopic (exact) mass is 372 g/mol. The summed E-state index contributed by atoms with van der Waals surface area (Å²) in [4.78, 5) is 10.9. The normalized spacial score (nSPS) is 29.4. The molecular weight excluding hydrogens is 347 g/mol. The number of methoxy groups -OCH3 is 1. The van der Waals surface area contributed by atoms with Crippen LogP contribution in [0.4, 0.5) is 10.1 Å². The number of rotatable bonds is 5. The molecule has 0 aromatic heterocycles. The molecule has 7 heteroatoms. The van der Waals surface area contributed by atoms with Crippen LogP contribution in [0.2, 0.25) is 0 Å². The quantitative estimate of drug-likeness (QED) is 0.862. The molecule has 1 N–H and O–H groups in total. The Bertz CT molecular complexity index is 779. The molecule has 0 amide bonds. The van der Waals surface area contributed by atoms with Gasteiger partial charge in [0, 0.05) is 26.4 Å². The molecule has 1 fully saturated rings. The van der Waals surface area contributed by atoms with E-state index in [1.54, 1.807) is 19.5 Å². The van der Waals surface area contributed by atoms with Crippen LogP contribution in [0.5, 0.6) is 5.75 Å². The molecule has 0 radical (unpaired) electrons. The maximum atomic E-state index is 13.9. The van der Waals surface area contributed by atoms with Gasteiger partial charge in [0.25, 0.3) is 0 Å². The van der Waals surface area contributed by atoms with Gasteiger partial charge in [-0.2, -0.15) is 0 Å². The topological polar surface area (TPSA) is 58.5 Å². The number of nitrogens with one attached hydrogen (secondary N) is 1. The minimum absolute atomic E-state index is 0.00862. The van der Waals surface area contributed by atoms with Gasteiger partial charge < -0.3 is 19.7 Å². The Morgan fingerprint density at radius 1 is 1.22 bits per heavy atom. The number of hydrogen-bond acceptors (Lipinski definition) is 6. The van der Waals surface area contributed by atoms with E-state index in [1.165, 1.54) is 12.1 Å². The summed E-state index contributed by atoms with van der Waals surface area (Å²) in [6, 6.07) is 4.58. The van der Waals surface area contributed by atoms with Gasteiger partial charge in [0.1, 0.15) is 36.2 Å². The third-order valence-electron chi connectivity index (χ3n) is 5.43. The molecule has 6 nitrogen and oxygen atoms in total. The fraction of sp³-hybridized carbons (Fsp3) is 0.500. The van der Waals surface area contributed by atoms with Gasteiger partial charge in [-0.1, -0.05) is 6.42 Å². The van der Waals surface area contributed by atoms with Crippen molar-refractivity contribution >= 4 is 17.7 Å². The minimum atomic E-state index is -0.325. The van der Waals surface area contributed by atoms with E-state index in [1.807, 2.05) is 19.3 Å². The van der Waals surface area contributed by atoms with Crippen molar-refractivity contribution < 1.29 is 13.9 Å². The second kappa shape index (κ2) is 7.68. The standard InChI is InChI=1S/C20H25FN4O2/c1-25-10-9-15-19(25)20(23-12-22-15)24-14-8-7-13(21)11-18(14)27-17-6-4-3-5-16(17)26-2/h7-12,16-17,19-20,24H,3-6H2,1-2H3/t16-,17-,19?,20?/m1/s1. The van der Waals surface area contributed by atoms with Crippen molar-refractivity contribution in [3.8, 4) is 5.75 Å². The predicted molar refractivity (Wildman–Crippen MR) is 104 cm³/mol. The summed E-state index contributed by atoms with van der Waals surface area (Å²) in [7, 11) is 3.70. The molecule has 1 saturated carbocycles. The average Bonchev–Trinajstić information content (AvgIpc) is 3.06. The van der Waals surface area contributed by atoms with E-state index >= 15 is 0 Å². The number of aliphatic imine (C=N–C) groups is 2. The molecule has 1 aliphatic carbocycles. The van der Waals surface area contributed by atoms with Crippen molar-refractivity contribution in [1.29, 1.82) is 0 Å². The Balaban J connectivity index is 1.55. The van der Waals surface area contributed by atoms with Crippen molar-refractivity contribution in [3.05, 3.63) is 36.3 Å². The van der Waals surface area contributed by atoms with Gasteiger partial charge in [-0.3, -0.25) is 0 Å². The van der Waals surface area contributed by atoms with Gasteiger partial charge in [-0.05, 0) is 37.5 Å². The summed E-state index contributed by atoms with van der Waals surface area (Å²) in [5, 5.41) is 3.41. The van der Waals surface area contributed by atoms with Gasteiger partial charge in [0.15, 0.2) is 0 Å². The van der Waals surface area contributed by atoms with Crippen LogP contribution in [0.25, 0.3) is 0 Å². The number of likely N-dealkylation sites (N-methyl/N-ethyl adjacent to an activating group) is 1. The Morgan fingerprint density at radius 3 is 2.85 bits per heavy atom. The lowest BCUT2D eigenvalue weighted by Gasteiger charge is -2.33. The van der Waals surface area contributed by atoms with Crippen LogP contribution in [0, 0.1) is 5.82 Å². The lowest BCUT2D eigenvalue weighted by atomic mass is 9.94. The molecule has 2 aliphatic heterocycles. The van der Waals surface area contributed by atoms with Crippen LogP contribution in [-0.4, -0.2) is 55.5 Å². The second-order valence-electron chi connectivity index (χ2n) is 7.19.